The lowest BCUT2D eigenvalue weighted by atomic mass is 9.82. The number of thiophene rings is 1. The monoisotopic (exact) mass is 282 g/mol. The molecule has 2 rings (SSSR count). The normalized spacial score (nSPS) is 18.2. The maximum atomic E-state index is 11.1. The van der Waals surface area contributed by atoms with Crippen molar-refractivity contribution in [1.82, 2.24) is 5.32 Å². The number of nitrogens with one attached hydrogen (secondary N) is 2. The molecule has 0 aliphatic heterocycles. The summed E-state index contributed by atoms with van der Waals surface area (Å²) in [6, 6.07) is 1.93. The molecule has 1 fully saturated rings. The van der Waals surface area contributed by atoms with Crippen molar-refractivity contribution in [3.8, 4) is 0 Å². The van der Waals surface area contributed by atoms with Crippen molar-refractivity contribution in [3.63, 3.8) is 0 Å². The van der Waals surface area contributed by atoms with Crippen LogP contribution in [0.1, 0.15) is 43.9 Å². The molecule has 4 nitrogen and oxygen atoms in total. The minimum absolute atomic E-state index is 0.0470. The number of aliphatic hydroxyl groups is 1. The van der Waals surface area contributed by atoms with Gasteiger partial charge in [-0.05, 0) is 24.3 Å². The smallest absolute Gasteiger partial charge is 0.221 e. The van der Waals surface area contributed by atoms with Crippen molar-refractivity contribution in [2.45, 2.75) is 51.1 Å². The molecule has 0 radical (unpaired) electrons. The van der Waals surface area contributed by atoms with Crippen LogP contribution in [0, 0.1) is 0 Å². The second-order valence-corrected chi connectivity index (χ2v) is 6.29. The highest BCUT2D eigenvalue weighted by molar-refractivity contribution is 7.10. The van der Waals surface area contributed by atoms with Gasteiger partial charge in [0.1, 0.15) is 0 Å². The topological polar surface area (TPSA) is 61.4 Å². The molecule has 1 aromatic heterocycles. The van der Waals surface area contributed by atoms with Gasteiger partial charge in [-0.15, -0.1) is 11.3 Å². The number of amides is 1. The van der Waals surface area contributed by atoms with Gasteiger partial charge < -0.3 is 15.7 Å². The summed E-state index contributed by atoms with van der Waals surface area (Å²) < 4.78 is 0. The molecule has 0 spiro atoms. The highest BCUT2D eigenvalue weighted by atomic mass is 32.1. The number of carbonyl (C=O) groups excluding carboxylic acids is 1. The van der Waals surface area contributed by atoms with Gasteiger partial charge in [0, 0.05) is 23.9 Å². The van der Waals surface area contributed by atoms with Crippen molar-refractivity contribution in [1.29, 1.82) is 0 Å². The van der Waals surface area contributed by atoms with Gasteiger partial charge in [0.25, 0.3) is 0 Å². The Morgan fingerprint density at radius 3 is 2.79 bits per heavy atom. The summed E-state index contributed by atoms with van der Waals surface area (Å²) in [5.74, 6) is -0.0470. The van der Waals surface area contributed by atoms with E-state index in [1.54, 1.807) is 11.3 Å². The van der Waals surface area contributed by atoms with E-state index >= 15 is 0 Å². The number of anilines is 1. The van der Waals surface area contributed by atoms with Crippen molar-refractivity contribution in [2.24, 2.45) is 0 Å². The van der Waals surface area contributed by atoms with E-state index in [2.05, 4.69) is 10.6 Å². The Morgan fingerprint density at radius 2 is 2.16 bits per heavy atom. The standard InChI is InChI=1S/C14H22N2O2S/c1-11(18)16-12-5-8-19-13(12)9-15-14(10-17)6-3-2-4-7-14/h5,8,15,17H,2-4,6-7,9-10H2,1H3,(H,16,18). The molecule has 19 heavy (non-hydrogen) atoms. The lowest BCUT2D eigenvalue weighted by molar-refractivity contribution is -0.114. The van der Waals surface area contributed by atoms with E-state index in [9.17, 15) is 9.90 Å². The summed E-state index contributed by atoms with van der Waals surface area (Å²) >= 11 is 1.63. The van der Waals surface area contributed by atoms with Gasteiger partial charge in [-0.1, -0.05) is 19.3 Å². The molecule has 1 aliphatic rings. The third-order valence-electron chi connectivity index (χ3n) is 3.79. The number of hydrogen-bond acceptors (Lipinski definition) is 4. The van der Waals surface area contributed by atoms with E-state index in [1.807, 2.05) is 11.4 Å². The lowest BCUT2D eigenvalue weighted by Crippen LogP contribution is -2.49. The van der Waals surface area contributed by atoms with Gasteiger partial charge in [0.15, 0.2) is 0 Å². The van der Waals surface area contributed by atoms with Gasteiger partial charge in [0.05, 0.1) is 12.3 Å². The van der Waals surface area contributed by atoms with Crippen molar-refractivity contribution in [2.75, 3.05) is 11.9 Å². The predicted molar refractivity (Wildman–Crippen MR) is 78.4 cm³/mol. The average Bonchev–Trinajstić information content (AvgIpc) is 2.84. The molecule has 1 amide bonds. The first kappa shape index (κ1) is 14.5. The summed E-state index contributed by atoms with van der Waals surface area (Å²) in [5.41, 5.74) is 0.754. The minimum Gasteiger partial charge on any atom is -0.394 e. The van der Waals surface area contributed by atoms with E-state index in [0.29, 0.717) is 6.54 Å². The van der Waals surface area contributed by atoms with Gasteiger partial charge in [-0.2, -0.15) is 0 Å². The largest absolute Gasteiger partial charge is 0.394 e. The van der Waals surface area contributed by atoms with Crippen LogP contribution in [0.5, 0.6) is 0 Å². The molecule has 0 aromatic carbocycles. The van der Waals surface area contributed by atoms with Crippen LogP contribution in [-0.2, 0) is 11.3 Å². The Kier molecular flexibility index (Phi) is 4.96. The highest BCUT2D eigenvalue weighted by Crippen LogP contribution is 2.29. The van der Waals surface area contributed by atoms with Gasteiger partial charge >= 0.3 is 0 Å². The summed E-state index contributed by atoms with van der Waals surface area (Å²) in [6.45, 7) is 2.41. The zero-order valence-corrected chi connectivity index (χ0v) is 12.2. The first-order valence-corrected chi connectivity index (χ1v) is 7.73. The lowest BCUT2D eigenvalue weighted by Gasteiger charge is -2.36. The van der Waals surface area contributed by atoms with Gasteiger partial charge in [-0.25, -0.2) is 0 Å². The molecule has 0 bridgehead atoms. The quantitative estimate of drug-likeness (QED) is 0.777. The van der Waals surface area contributed by atoms with Crippen LogP contribution in [0.25, 0.3) is 0 Å². The Balaban J connectivity index is 1.97. The summed E-state index contributed by atoms with van der Waals surface area (Å²) in [5, 5.41) is 18.0. The molecular formula is C14H22N2O2S. The molecule has 106 valence electrons. The molecule has 0 atom stereocenters. The Labute approximate surface area is 118 Å². The van der Waals surface area contributed by atoms with Crippen LogP contribution in [0.3, 0.4) is 0 Å². The van der Waals surface area contributed by atoms with Gasteiger partial charge in [-0.3, -0.25) is 4.79 Å². The highest BCUT2D eigenvalue weighted by Gasteiger charge is 2.30. The molecular weight excluding hydrogens is 260 g/mol. The van der Waals surface area contributed by atoms with Crippen LogP contribution < -0.4 is 10.6 Å². The van der Waals surface area contributed by atoms with Gasteiger partial charge in [0.2, 0.25) is 5.91 Å². The van der Waals surface area contributed by atoms with E-state index in [0.717, 1.165) is 23.4 Å². The number of carbonyl (C=O) groups is 1. The number of hydrogen-bond donors (Lipinski definition) is 3. The molecule has 1 saturated carbocycles. The second kappa shape index (κ2) is 6.50. The van der Waals surface area contributed by atoms with E-state index < -0.39 is 0 Å². The molecule has 1 heterocycles. The molecule has 3 N–H and O–H groups in total. The third kappa shape index (κ3) is 3.78. The van der Waals surface area contributed by atoms with Crippen LogP contribution in [0.15, 0.2) is 11.4 Å². The maximum absolute atomic E-state index is 11.1. The fourth-order valence-corrected chi connectivity index (χ4v) is 3.44. The molecule has 0 unspecified atom stereocenters. The van der Waals surface area contributed by atoms with Crippen LogP contribution in [0.4, 0.5) is 5.69 Å². The molecule has 0 saturated heterocycles. The van der Waals surface area contributed by atoms with Crippen molar-refractivity contribution >= 4 is 22.9 Å². The predicted octanol–water partition coefficient (Wildman–Crippen LogP) is 2.49. The van der Waals surface area contributed by atoms with Crippen LogP contribution in [0.2, 0.25) is 0 Å². The average molecular weight is 282 g/mol. The minimum atomic E-state index is -0.129. The first-order chi connectivity index (χ1) is 9.15. The zero-order valence-electron chi connectivity index (χ0n) is 11.4. The van der Waals surface area contributed by atoms with E-state index in [4.69, 9.17) is 0 Å². The van der Waals surface area contributed by atoms with E-state index in [1.165, 1.54) is 26.2 Å². The second-order valence-electron chi connectivity index (χ2n) is 5.29. The van der Waals surface area contributed by atoms with Crippen molar-refractivity contribution < 1.29 is 9.90 Å². The Morgan fingerprint density at radius 1 is 1.42 bits per heavy atom. The molecule has 1 aliphatic carbocycles. The van der Waals surface area contributed by atoms with Crippen molar-refractivity contribution in [3.05, 3.63) is 16.3 Å². The Hall–Kier alpha value is -0.910. The summed E-state index contributed by atoms with van der Waals surface area (Å²) in [7, 11) is 0. The fourth-order valence-electron chi connectivity index (χ4n) is 2.67. The Bertz CT molecular complexity index is 425. The maximum Gasteiger partial charge on any atom is 0.221 e. The molecule has 1 aromatic rings. The number of aliphatic hydroxyl groups excluding tert-OH is 1. The van der Waals surface area contributed by atoms with E-state index in [-0.39, 0.29) is 18.1 Å². The summed E-state index contributed by atoms with van der Waals surface area (Å²) in [4.78, 5) is 12.2. The molecule has 5 heteroatoms. The van der Waals surface area contributed by atoms with Crippen LogP contribution >= 0.6 is 11.3 Å². The van der Waals surface area contributed by atoms with Crippen LogP contribution in [-0.4, -0.2) is 23.2 Å². The number of rotatable bonds is 5. The SMILES string of the molecule is CC(=O)Nc1ccsc1CNC1(CO)CCCCC1. The first-order valence-electron chi connectivity index (χ1n) is 6.85. The third-order valence-corrected chi connectivity index (χ3v) is 4.71. The zero-order chi connectivity index (χ0) is 13.7. The summed E-state index contributed by atoms with van der Waals surface area (Å²) in [6.07, 6.45) is 5.68. The fraction of sp³-hybridized carbons (Fsp3) is 0.643.